The molecule has 0 bridgehead atoms. The number of rotatable bonds is 7. The molecule has 0 atom stereocenters. The lowest BCUT2D eigenvalue weighted by molar-refractivity contribution is 0.407. The minimum absolute atomic E-state index is 0.209. The summed E-state index contributed by atoms with van der Waals surface area (Å²) in [7, 11) is -3.58. The van der Waals surface area contributed by atoms with Gasteiger partial charge in [-0.2, -0.15) is 4.31 Å². The minimum atomic E-state index is -3.58. The molecule has 0 saturated heterocycles. The maximum absolute atomic E-state index is 13.0. The van der Waals surface area contributed by atoms with Crippen LogP contribution in [0.4, 0.5) is 0 Å². The molecule has 3 aromatic rings. The Bertz CT molecular complexity index is 1010. The summed E-state index contributed by atoms with van der Waals surface area (Å²) in [6.45, 7) is 4.91. The standard InChI is InChI=1S/C20H22ClN3O2S/c1-3-24(27(25,26)19-9-7-16(2)8-10-19)15-20-22-11-12-23(20)14-17-5-4-6-18(21)13-17/h4-13H,3,14-15H2,1-2H3. The van der Waals surface area contributed by atoms with Crippen molar-refractivity contribution in [3.05, 3.63) is 82.9 Å². The first kappa shape index (κ1) is 19.6. The van der Waals surface area contributed by atoms with Crippen LogP contribution in [0.25, 0.3) is 0 Å². The quantitative estimate of drug-likeness (QED) is 0.596. The van der Waals surface area contributed by atoms with Gasteiger partial charge in [0.1, 0.15) is 5.82 Å². The van der Waals surface area contributed by atoms with Crippen molar-refractivity contribution in [2.24, 2.45) is 0 Å². The maximum atomic E-state index is 13.0. The molecule has 0 spiro atoms. The first-order valence-corrected chi connectivity index (χ1v) is 10.5. The van der Waals surface area contributed by atoms with Crippen LogP contribution in [0.1, 0.15) is 23.9 Å². The first-order valence-electron chi connectivity index (χ1n) is 8.71. The van der Waals surface area contributed by atoms with E-state index < -0.39 is 10.0 Å². The lowest BCUT2D eigenvalue weighted by Gasteiger charge is -2.21. The second-order valence-corrected chi connectivity index (χ2v) is 8.72. The van der Waals surface area contributed by atoms with Gasteiger partial charge in [-0.05, 0) is 36.8 Å². The summed E-state index contributed by atoms with van der Waals surface area (Å²) in [5.74, 6) is 0.688. The van der Waals surface area contributed by atoms with Gasteiger partial charge in [-0.3, -0.25) is 0 Å². The van der Waals surface area contributed by atoms with Gasteiger partial charge < -0.3 is 4.57 Å². The van der Waals surface area contributed by atoms with Gasteiger partial charge in [0, 0.05) is 30.5 Å². The third kappa shape index (κ3) is 4.58. The Morgan fingerprint density at radius 1 is 1.15 bits per heavy atom. The molecular weight excluding hydrogens is 382 g/mol. The Balaban J connectivity index is 1.83. The van der Waals surface area contributed by atoms with Gasteiger partial charge in [-0.1, -0.05) is 48.4 Å². The van der Waals surface area contributed by atoms with Crippen molar-refractivity contribution < 1.29 is 8.42 Å². The third-order valence-corrected chi connectivity index (χ3v) is 6.54. The van der Waals surface area contributed by atoms with Crippen LogP contribution in [0, 0.1) is 6.92 Å². The Morgan fingerprint density at radius 3 is 2.56 bits per heavy atom. The van der Waals surface area contributed by atoms with Gasteiger partial charge in [0.2, 0.25) is 10.0 Å². The number of sulfonamides is 1. The van der Waals surface area contributed by atoms with E-state index in [-0.39, 0.29) is 6.54 Å². The Hall–Kier alpha value is -2.15. The fraction of sp³-hybridized carbons (Fsp3) is 0.250. The lowest BCUT2D eigenvalue weighted by Crippen LogP contribution is -2.31. The third-order valence-electron chi connectivity index (χ3n) is 4.37. The molecule has 0 fully saturated rings. The average molecular weight is 404 g/mol. The summed E-state index contributed by atoms with van der Waals surface area (Å²) in [6, 6.07) is 14.5. The molecule has 0 aliphatic rings. The van der Waals surface area contributed by atoms with E-state index in [4.69, 9.17) is 11.6 Å². The van der Waals surface area contributed by atoms with Crippen LogP contribution >= 0.6 is 11.6 Å². The zero-order valence-corrected chi connectivity index (χ0v) is 16.9. The molecule has 2 aromatic carbocycles. The van der Waals surface area contributed by atoms with Gasteiger partial charge in [0.15, 0.2) is 0 Å². The number of hydrogen-bond acceptors (Lipinski definition) is 3. The molecular formula is C20H22ClN3O2S. The molecule has 3 rings (SSSR count). The zero-order chi connectivity index (χ0) is 19.4. The topological polar surface area (TPSA) is 55.2 Å². The Morgan fingerprint density at radius 2 is 1.89 bits per heavy atom. The summed E-state index contributed by atoms with van der Waals surface area (Å²) in [6.07, 6.45) is 3.54. The molecule has 7 heteroatoms. The fourth-order valence-electron chi connectivity index (χ4n) is 2.85. The van der Waals surface area contributed by atoms with Crippen LogP contribution in [0.3, 0.4) is 0 Å². The zero-order valence-electron chi connectivity index (χ0n) is 15.3. The van der Waals surface area contributed by atoms with Gasteiger partial charge in [-0.15, -0.1) is 0 Å². The molecule has 1 heterocycles. The first-order chi connectivity index (χ1) is 12.9. The molecule has 5 nitrogen and oxygen atoms in total. The maximum Gasteiger partial charge on any atom is 0.243 e. The number of aryl methyl sites for hydroxylation is 1. The molecule has 1 aromatic heterocycles. The largest absolute Gasteiger partial charge is 0.329 e. The predicted octanol–water partition coefficient (Wildman–Crippen LogP) is 4.10. The molecule has 0 amide bonds. The van der Waals surface area contributed by atoms with E-state index in [2.05, 4.69) is 4.98 Å². The lowest BCUT2D eigenvalue weighted by atomic mass is 10.2. The molecule has 0 aliphatic heterocycles. The van der Waals surface area contributed by atoms with Gasteiger partial charge in [-0.25, -0.2) is 13.4 Å². The molecule has 0 aliphatic carbocycles. The number of aromatic nitrogens is 2. The van der Waals surface area contributed by atoms with Crippen molar-refractivity contribution in [3.63, 3.8) is 0 Å². The van der Waals surface area contributed by atoms with Crippen LogP contribution in [-0.2, 0) is 23.1 Å². The van der Waals surface area contributed by atoms with Gasteiger partial charge in [0.05, 0.1) is 11.4 Å². The number of benzene rings is 2. The van der Waals surface area contributed by atoms with Crippen LogP contribution in [0.15, 0.2) is 65.8 Å². The normalized spacial score (nSPS) is 11.9. The van der Waals surface area contributed by atoms with Crippen molar-refractivity contribution in [1.29, 1.82) is 0 Å². The number of nitrogens with zero attached hydrogens (tertiary/aromatic N) is 3. The highest BCUT2D eigenvalue weighted by molar-refractivity contribution is 7.89. The number of imidazole rings is 1. The summed E-state index contributed by atoms with van der Waals surface area (Å²) in [4.78, 5) is 4.66. The molecule has 0 N–H and O–H groups in total. The van der Waals surface area contributed by atoms with Crippen LogP contribution in [0.2, 0.25) is 5.02 Å². The van der Waals surface area contributed by atoms with E-state index in [0.29, 0.717) is 28.8 Å². The second-order valence-electron chi connectivity index (χ2n) is 6.35. The summed E-state index contributed by atoms with van der Waals surface area (Å²) < 4.78 is 29.4. The van der Waals surface area contributed by atoms with Crippen molar-refractivity contribution in [3.8, 4) is 0 Å². The summed E-state index contributed by atoms with van der Waals surface area (Å²) in [5, 5.41) is 0.672. The van der Waals surface area contributed by atoms with E-state index in [0.717, 1.165) is 11.1 Å². The summed E-state index contributed by atoms with van der Waals surface area (Å²) >= 11 is 6.06. The smallest absolute Gasteiger partial charge is 0.243 e. The van der Waals surface area contributed by atoms with Crippen LogP contribution < -0.4 is 0 Å². The Kier molecular flexibility index (Phi) is 5.99. The van der Waals surface area contributed by atoms with E-state index in [1.807, 2.05) is 48.9 Å². The fourth-order valence-corrected chi connectivity index (χ4v) is 4.47. The number of hydrogen-bond donors (Lipinski definition) is 0. The van der Waals surface area contributed by atoms with E-state index in [1.165, 1.54) is 4.31 Å². The van der Waals surface area contributed by atoms with E-state index in [9.17, 15) is 8.42 Å². The molecule has 0 saturated carbocycles. The summed E-state index contributed by atoms with van der Waals surface area (Å²) in [5.41, 5.74) is 2.06. The SMILES string of the molecule is CCN(Cc1nccn1Cc1cccc(Cl)c1)S(=O)(=O)c1ccc(C)cc1. The highest BCUT2D eigenvalue weighted by atomic mass is 35.5. The molecule has 27 heavy (non-hydrogen) atoms. The molecule has 0 unspecified atom stereocenters. The monoisotopic (exact) mass is 403 g/mol. The van der Waals surface area contributed by atoms with E-state index >= 15 is 0 Å². The van der Waals surface area contributed by atoms with Crippen molar-refractivity contribution in [2.45, 2.75) is 31.8 Å². The average Bonchev–Trinajstić information content (AvgIpc) is 3.06. The van der Waals surface area contributed by atoms with Crippen LogP contribution in [-0.4, -0.2) is 28.8 Å². The van der Waals surface area contributed by atoms with E-state index in [1.54, 1.807) is 30.5 Å². The van der Waals surface area contributed by atoms with Crippen LogP contribution in [0.5, 0.6) is 0 Å². The molecule has 0 radical (unpaired) electrons. The Labute approximate surface area is 165 Å². The highest BCUT2D eigenvalue weighted by Crippen LogP contribution is 2.19. The minimum Gasteiger partial charge on any atom is -0.329 e. The number of halogens is 1. The van der Waals surface area contributed by atoms with Gasteiger partial charge in [0.25, 0.3) is 0 Å². The van der Waals surface area contributed by atoms with Gasteiger partial charge >= 0.3 is 0 Å². The van der Waals surface area contributed by atoms with Crippen molar-refractivity contribution in [2.75, 3.05) is 6.54 Å². The molecule has 142 valence electrons. The highest BCUT2D eigenvalue weighted by Gasteiger charge is 2.24. The van der Waals surface area contributed by atoms with Crippen molar-refractivity contribution >= 4 is 21.6 Å². The second kappa shape index (κ2) is 8.25. The van der Waals surface area contributed by atoms with Crippen molar-refractivity contribution in [1.82, 2.24) is 13.9 Å². The predicted molar refractivity (Wildman–Crippen MR) is 107 cm³/mol.